The molecule has 0 unspecified atom stereocenters. The van der Waals surface area contributed by atoms with Crippen molar-refractivity contribution in [3.8, 4) is 5.75 Å². The van der Waals surface area contributed by atoms with E-state index in [9.17, 15) is 5.11 Å². The molecule has 0 atom stereocenters. The normalized spacial score (nSPS) is 8.75. The van der Waals surface area contributed by atoms with E-state index in [-0.39, 0.29) is 29.6 Å². The summed E-state index contributed by atoms with van der Waals surface area (Å²) in [6, 6.07) is 5.53. The standard InChI is InChI=1S/C10H12O.Na.H/c1-3-5-9-8(2)6-4-7-10(9)11;;/h3-4,6-7,11H,1,5H2,2H3;;. The molecule has 0 aliphatic rings. The fourth-order valence-electron chi connectivity index (χ4n) is 1.10. The van der Waals surface area contributed by atoms with Crippen LogP contribution in [0.2, 0.25) is 0 Å². The van der Waals surface area contributed by atoms with E-state index >= 15 is 0 Å². The van der Waals surface area contributed by atoms with Crippen LogP contribution in [-0.4, -0.2) is 34.7 Å². The van der Waals surface area contributed by atoms with Crippen molar-refractivity contribution >= 4 is 29.6 Å². The first-order valence-corrected chi connectivity index (χ1v) is 3.64. The number of phenolic OH excluding ortho intramolecular Hbond substituents is 1. The Morgan fingerprint density at radius 2 is 2.17 bits per heavy atom. The zero-order valence-corrected chi connectivity index (χ0v) is 6.67. The van der Waals surface area contributed by atoms with Gasteiger partial charge in [-0.1, -0.05) is 18.2 Å². The quantitative estimate of drug-likeness (QED) is 0.532. The summed E-state index contributed by atoms with van der Waals surface area (Å²) in [6.45, 7) is 5.61. The minimum atomic E-state index is 0. The molecule has 60 valence electrons. The van der Waals surface area contributed by atoms with Crippen LogP contribution in [0, 0.1) is 6.92 Å². The number of aryl methyl sites for hydroxylation is 1. The molecule has 0 aliphatic heterocycles. The third-order valence-corrected chi connectivity index (χ3v) is 1.73. The molecule has 0 bridgehead atoms. The van der Waals surface area contributed by atoms with Crippen LogP contribution in [-0.2, 0) is 6.42 Å². The molecule has 1 rings (SSSR count). The second-order valence-electron chi connectivity index (χ2n) is 2.57. The van der Waals surface area contributed by atoms with Gasteiger partial charge in [-0.05, 0) is 25.0 Å². The van der Waals surface area contributed by atoms with Gasteiger partial charge in [-0.3, -0.25) is 0 Å². The number of rotatable bonds is 2. The van der Waals surface area contributed by atoms with Gasteiger partial charge in [0.15, 0.2) is 0 Å². The van der Waals surface area contributed by atoms with E-state index in [2.05, 4.69) is 6.58 Å². The zero-order chi connectivity index (χ0) is 8.27. The Bertz CT molecular complexity index is 248. The van der Waals surface area contributed by atoms with Crippen LogP contribution in [0.5, 0.6) is 5.75 Å². The van der Waals surface area contributed by atoms with Gasteiger partial charge in [0.2, 0.25) is 0 Å². The first-order chi connectivity index (χ1) is 5.25. The van der Waals surface area contributed by atoms with Gasteiger partial charge < -0.3 is 5.11 Å². The summed E-state index contributed by atoms with van der Waals surface area (Å²) < 4.78 is 0. The van der Waals surface area contributed by atoms with Gasteiger partial charge in [0.25, 0.3) is 0 Å². The molecule has 0 saturated heterocycles. The molecular formula is C10H13NaO. The first-order valence-electron chi connectivity index (χ1n) is 3.64. The Morgan fingerprint density at radius 3 is 2.67 bits per heavy atom. The van der Waals surface area contributed by atoms with Crippen LogP contribution in [0.1, 0.15) is 11.1 Å². The Hall–Kier alpha value is -0.240. The molecule has 0 radical (unpaired) electrons. The maximum atomic E-state index is 9.37. The van der Waals surface area contributed by atoms with Crippen molar-refractivity contribution in [2.75, 3.05) is 0 Å². The van der Waals surface area contributed by atoms with Gasteiger partial charge in [0.05, 0.1) is 0 Å². The van der Waals surface area contributed by atoms with Crippen LogP contribution < -0.4 is 0 Å². The van der Waals surface area contributed by atoms with Crippen molar-refractivity contribution < 1.29 is 5.11 Å². The molecule has 2 heteroatoms. The first kappa shape index (κ1) is 11.8. The zero-order valence-electron chi connectivity index (χ0n) is 6.67. The number of hydrogen-bond donors (Lipinski definition) is 1. The minimum absolute atomic E-state index is 0. The van der Waals surface area contributed by atoms with Crippen molar-refractivity contribution in [1.29, 1.82) is 0 Å². The molecule has 0 aliphatic carbocycles. The van der Waals surface area contributed by atoms with Crippen LogP contribution in [0.4, 0.5) is 0 Å². The Labute approximate surface area is 95.4 Å². The third-order valence-electron chi connectivity index (χ3n) is 1.73. The van der Waals surface area contributed by atoms with Crippen LogP contribution in [0.15, 0.2) is 30.9 Å². The molecule has 1 aromatic carbocycles. The van der Waals surface area contributed by atoms with Crippen LogP contribution in [0.25, 0.3) is 0 Å². The van der Waals surface area contributed by atoms with E-state index < -0.39 is 0 Å². The van der Waals surface area contributed by atoms with E-state index in [4.69, 9.17) is 0 Å². The van der Waals surface area contributed by atoms with Crippen molar-refractivity contribution in [3.05, 3.63) is 42.0 Å². The van der Waals surface area contributed by atoms with Gasteiger partial charge in [0, 0.05) is 5.56 Å². The molecule has 0 amide bonds. The van der Waals surface area contributed by atoms with E-state index in [0.29, 0.717) is 5.75 Å². The summed E-state index contributed by atoms with van der Waals surface area (Å²) in [5, 5.41) is 9.37. The van der Waals surface area contributed by atoms with E-state index in [1.165, 1.54) is 0 Å². The van der Waals surface area contributed by atoms with Gasteiger partial charge in [0.1, 0.15) is 5.75 Å². The molecule has 1 aromatic rings. The van der Waals surface area contributed by atoms with Crippen molar-refractivity contribution in [3.63, 3.8) is 0 Å². The number of allylic oxidation sites excluding steroid dienone is 1. The average molecular weight is 172 g/mol. The van der Waals surface area contributed by atoms with Crippen molar-refractivity contribution in [1.82, 2.24) is 0 Å². The molecule has 1 N–H and O–H groups in total. The fraction of sp³-hybridized carbons (Fsp3) is 0.200. The Morgan fingerprint density at radius 1 is 1.50 bits per heavy atom. The molecule has 0 aromatic heterocycles. The van der Waals surface area contributed by atoms with E-state index in [1.54, 1.807) is 12.1 Å². The monoisotopic (exact) mass is 172 g/mol. The summed E-state index contributed by atoms with van der Waals surface area (Å²) >= 11 is 0. The molecule has 0 saturated carbocycles. The topological polar surface area (TPSA) is 20.2 Å². The van der Waals surface area contributed by atoms with Gasteiger partial charge in [-0.2, -0.15) is 0 Å². The number of hydrogen-bond acceptors (Lipinski definition) is 1. The van der Waals surface area contributed by atoms with Gasteiger partial charge >= 0.3 is 29.6 Å². The predicted octanol–water partition coefficient (Wildman–Crippen LogP) is 1.78. The predicted molar refractivity (Wildman–Crippen MR) is 53.9 cm³/mol. The van der Waals surface area contributed by atoms with Crippen molar-refractivity contribution in [2.45, 2.75) is 13.3 Å². The Kier molecular flexibility index (Phi) is 5.31. The Balaban J connectivity index is 0.00000121. The second-order valence-corrected chi connectivity index (χ2v) is 2.57. The molecular weight excluding hydrogens is 159 g/mol. The second kappa shape index (κ2) is 5.41. The summed E-state index contributed by atoms with van der Waals surface area (Å²) in [5.74, 6) is 0.366. The van der Waals surface area contributed by atoms with Gasteiger partial charge in [-0.15, -0.1) is 6.58 Å². The summed E-state index contributed by atoms with van der Waals surface area (Å²) in [5.41, 5.74) is 2.09. The SMILES string of the molecule is C=CCc1c(C)cccc1O.[NaH]. The number of aromatic hydroxyl groups is 1. The summed E-state index contributed by atoms with van der Waals surface area (Å²) in [6.07, 6.45) is 2.53. The fourth-order valence-corrected chi connectivity index (χ4v) is 1.10. The number of benzene rings is 1. The molecule has 0 heterocycles. The molecule has 12 heavy (non-hydrogen) atoms. The summed E-state index contributed by atoms with van der Waals surface area (Å²) in [4.78, 5) is 0. The maximum absolute atomic E-state index is 9.37. The molecule has 0 spiro atoms. The third kappa shape index (κ3) is 2.67. The summed E-state index contributed by atoms with van der Waals surface area (Å²) in [7, 11) is 0. The van der Waals surface area contributed by atoms with Gasteiger partial charge in [-0.25, -0.2) is 0 Å². The number of phenols is 1. The van der Waals surface area contributed by atoms with Crippen LogP contribution in [0.3, 0.4) is 0 Å². The van der Waals surface area contributed by atoms with Crippen LogP contribution >= 0.6 is 0 Å². The van der Waals surface area contributed by atoms with E-state index in [0.717, 1.165) is 17.5 Å². The van der Waals surface area contributed by atoms with E-state index in [1.807, 2.05) is 19.1 Å². The average Bonchev–Trinajstić information content (AvgIpc) is 1.97. The van der Waals surface area contributed by atoms with Crippen molar-refractivity contribution in [2.24, 2.45) is 0 Å². The molecule has 0 fully saturated rings. The molecule has 1 nitrogen and oxygen atoms in total.